The fraction of sp³-hybridized carbons (Fsp3) is 0.0833. The van der Waals surface area contributed by atoms with Gasteiger partial charge in [-0.05, 0) is 24.3 Å². The Bertz CT molecular complexity index is 437. The van der Waals surface area contributed by atoms with Gasteiger partial charge in [-0.1, -0.05) is 29.5 Å². The molecule has 0 aromatic heterocycles. The van der Waals surface area contributed by atoms with Gasteiger partial charge in [0.15, 0.2) is 5.78 Å². The lowest BCUT2D eigenvalue weighted by atomic mass is 10.2. The molecule has 0 aromatic carbocycles. The minimum Gasteiger partial charge on any atom is -0.317 e. The molecular formula is C12H9NO3. The molecule has 0 aromatic rings. The number of nitrogens with zero attached hydrogens (tertiary/aromatic N) is 1. The molecule has 0 heterocycles. The van der Waals surface area contributed by atoms with E-state index < -0.39 is 5.97 Å². The largest absolute Gasteiger partial charge is 0.345 e. The number of carbonyl (C=O) groups excluding carboxylic acids is 2. The minimum absolute atomic E-state index is 0.105. The van der Waals surface area contributed by atoms with Crippen LogP contribution < -0.4 is 0 Å². The van der Waals surface area contributed by atoms with Crippen LogP contribution in [0, 0.1) is 5.92 Å². The van der Waals surface area contributed by atoms with E-state index in [-0.39, 0.29) is 11.7 Å². The lowest BCUT2D eigenvalue weighted by Gasteiger charge is -2.02. The van der Waals surface area contributed by atoms with E-state index in [1.165, 1.54) is 24.3 Å². The van der Waals surface area contributed by atoms with Crippen LogP contribution in [0.25, 0.3) is 0 Å². The van der Waals surface area contributed by atoms with E-state index in [1.807, 2.05) is 0 Å². The Kier molecular flexibility index (Phi) is 2.91. The van der Waals surface area contributed by atoms with Crippen molar-refractivity contribution in [2.75, 3.05) is 0 Å². The third-order valence-electron chi connectivity index (χ3n) is 2.10. The second kappa shape index (κ2) is 4.53. The number of oxime groups is 1. The smallest absolute Gasteiger partial charge is 0.317 e. The summed E-state index contributed by atoms with van der Waals surface area (Å²) >= 11 is 0. The van der Waals surface area contributed by atoms with Gasteiger partial charge in [-0.3, -0.25) is 4.79 Å². The highest BCUT2D eigenvalue weighted by Gasteiger charge is 2.16. The van der Waals surface area contributed by atoms with Gasteiger partial charge in [0, 0.05) is 0 Å². The van der Waals surface area contributed by atoms with Gasteiger partial charge in [-0.25, -0.2) is 4.79 Å². The molecule has 0 saturated carbocycles. The lowest BCUT2D eigenvalue weighted by molar-refractivity contribution is -0.145. The quantitative estimate of drug-likeness (QED) is 0.396. The van der Waals surface area contributed by atoms with Gasteiger partial charge in [-0.15, -0.1) is 0 Å². The third-order valence-corrected chi connectivity index (χ3v) is 2.10. The number of ketones is 1. The lowest BCUT2D eigenvalue weighted by Crippen LogP contribution is -2.11. The zero-order valence-electron chi connectivity index (χ0n) is 8.37. The Morgan fingerprint density at radius 3 is 2.38 bits per heavy atom. The van der Waals surface area contributed by atoms with Crippen LogP contribution in [0.15, 0.2) is 53.8 Å². The number of hydrogen-bond donors (Lipinski definition) is 0. The summed E-state index contributed by atoms with van der Waals surface area (Å²) in [4.78, 5) is 26.9. The van der Waals surface area contributed by atoms with Crippen molar-refractivity contribution in [1.82, 2.24) is 0 Å². The Balaban J connectivity index is 1.94. The van der Waals surface area contributed by atoms with E-state index in [2.05, 4.69) is 5.16 Å². The molecule has 4 heteroatoms. The average molecular weight is 215 g/mol. The summed E-state index contributed by atoms with van der Waals surface area (Å²) in [6.07, 6.45) is 12.7. The Morgan fingerprint density at radius 2 is 1.75 bits per heavy atom. The topological polar surface area (TPSA) is 55.7 Å². The average Bonchev–Trinajstić information content (AvgIpc) is 2.81. The van der Waals surface area contributed by atoms with Crippen molar-refractivity contribution < 1.29 is 14.4 Å². The summed E-state index contributed by atoms with van der Waals surface area (Å²) < 4.78 is 0. The molecule has 4 nitrogen and oxygen atoms in total. The summed E-state index contributed by atoms with van der Waals surface area (Å²) in [5.74, 6) is -0.898. The summed E-state index contributed by atoms with van der Waals surface area (Å²) in [5, 5.41) is 3.64. The highest BCUT2D eigenvalue weighted by atomic mass is 16.7. The number of rotatable bonds is 2. The van der Waals surface area contributed by atoms with Gasteiger partial charge in [0.05, 0.1) is 5.92 Å². The first-order chi connectivity index (χ1) is 7.75. The first-order valence-electron chi connectivity index (χ1n) is 4.80. The molecule has 0 aliphatic heterocycles. The van der Waals surface area contributed by atoms with Gasteiger partial charge in [0.1, 0.15) is 5.71 Å². The Morgan fingerprint density at radius 1 is 1.12 bits per heavy atom. The molecule has 0 bridgehead atoms. The second-order valence-corrected chi connectivity index (χ2v) is 3.29. The highest BCUT2D eigenvalue weighted by Crippen LogP contribution is 2.11. The molecule has 2 rings (SSSR count). The van der Waals surface area contributed by atoms with E-state index in [1.54, 1.807) is 24.3 Å². The summed E-state index contributed by atoms with van der Waals surface area (Å²) in [6, 6.07) is 0. The van der Waals surface area contributed by atoms with Crippen molar-refractivity contribution in [3.63, 3.8) is 0 Å². The van der Waals surface area contributed by atoms with E-state index in [0.717, 1.165) is 0 Å². The minimum atomic E-state index is -0.434. The van der Waals surface area contributed by atoms with E-state index >= 15 is 0 Å². The van der Waals surface area contributed by atoms with E-state index in [0.29, 0.717) is 5.71 Å². The van der Waals surface area contributed by atoms with Crippen molar-refractivity contribution >= 4 is 17.5 Å². The molecule has 0 fully saturated rings. The van der Waals surface area contributed by atoms with Gasteiger partial charge in [-0.2, -0.15) is 0 Å². The standard InChI is InChI=1S/C12H9NO3/c14-11-7-5-10(6-8-11)13-16-12(15)9-3-1-2-4-9/h1-9H. The van der Waals surface area contributed by atoms with Gasteiger partial charge in [0.25, 0.3) is 0 Å². The number of hydrogen-bond acceptors (Lipinski definition) is 4. The molecule has 0 spiro atoms. The fourth-order valence-corrected chi connectivity index (χ4v) is 1.25. The SMILES string of the molecule is O=C1C=CC(=NOC(=O)C2C=CC=C2)C=C1. The van der Waals surface area contributed by atoms with Gasteiger partial charge < -0.3 is 4.84 Å². The van der Waals surface area contributed by atoms with E-state index in [9.17, 15) is 9.59 Å². The molecule has 80 valence electrons. The van der Waals surface area contributed by atoms with Crippen molar-refractivity contribution in [2.45, 2.75) is 0 Å². The van der Waals surface area contributed by atoms with Crippen LogP contribution in [0.1, 0.15) is 0 Å². The molecule has 0 unspecified atom stereocenters. The summed E-state index contributed by atoms with van der Waals surface area (Å²) in [6.45, 7) is 0. The summed E-state index contributed by atoms with van der Waals surface area (Å²) in [5.41, 5.74) is 0.443. The van der Waals surface area contributed by atoms with Crippen LogP contribution in [0.2, 0.25) is 0 Å². The molecular weight excluding hydrogens is 206 g/mol. The molecule has 2 aliphatic rings. The summed E-state index contributed by atoms with van der Waals surface area (Å²) in [7, 11) is 0. The van der Waals surface area contributed by atoms with Crippen molar-refractivity contribution in [2.24, 2.45) is 11.1 Å². The highest BCUT2D eigenvalue weighted by molar-refractivity contribution is 6.16. The molecule has 0 saturated heterocycles. The Hall–Kier alpha value is -2.23. The van der Waals surface area contributed by atoms with Crippen LogP contribution in [-0.4, -0.2) is 17.5 Å². The molecule has 0 atom stereocenters. The van der Waals surface area contributed by atoms with Crippen LogP contribution in [0.3, 0.4) is 0 Å². The van der Waals surface area contributed by atoms with Crippen LogP contribution in [-0.2, 0) is 14.4 Å². The monoisotopic (exact) mass is 215 g/mol. The van der Waals surface area contributed by atoms with Gasteiger partial charge >= 0.3 is 5.97 Å². The third kappa shape index (κ3) is 2.42. The molecule has 16 heavy (non-hydrogen) atoms. The first-order valence-corrected chi connectivity index (χ1v) is 4.80. The molecule has 0 amide bonds. The Labute approximate surface area is 92.3 Å². The first kappa shape index (κ1) is 10.3. The zero-order chi connectivity index (χ0) is 11.4. The fourth-order valence-electron chi connectivity index (χ4n) is 1.25. The van der Waals surface area contributed by atoms with E-state index in [4.69, 9.17) is 4.84 Å². The maximum Gasteiger partial charge on any atom is 0.345 e. The number of carbonyl (C=O) groups is 2. The molecule has 0 N–H and O–H groups in total. The maximum absolute atomic E-state index is 11.4. The zero-order valence-corrected chi connectivity index (χ0v) is 8.37. The van der Waals surface area contributed by atoms with Crippen molar-refractivity contribution in [3.05, 3.63) is 48.6 Å². The number of allylic oxidation sites excluding steroid dienone is 6. The molecule has 2 aliphatic carbocycles. The second-order valence-electron chi connectivity index (χ2n) is 3.29. The predicted octanol–water partition coefficient (Wildman–Crippen LogP) is 1.32. The van der Waals surface area contributed by atoms with Crippen LogP contribution in [0.5, 0.6) is 0 Å². The normalized spacial score (nSPS) is 18.2. The van der Waals surface area contributed by atoms with Crippen LogP contribution >= 0.6 is 0 Å². The van der Waals surface area contributed by atoms with Gasteiger partial charge in [0.2, 0.25) is 0 Å². The van der Waals surface area contributed by atoms with Crippen LogP contribution in [0.4, 0.5) is 0 Å². The predicted molar refractivity (Wildman–Crippen MR) is 58.6 cm³/mol. The van der Waals surface area contributed by atoms with Crippen molar-refractivity contribution in [1.29, 1.82) is 0 Å². The molecule has 0 radical (unpaired) electrons. The maximum atomic E-state index is 11.4. The van der Waals surface area contributed by atoms with Crippen molar-refractivity contribution in [3.8, 4) is 0 Å².